The van der Waals surface area contributed by atoms with Gasteiger partial charge in [0, 0.05) is 23.7 Å². The molecule has 1 aliphatic heterocycles. The smallest absolute Gasteiger partial charge is 0.306 e. The highest BCUT2D eigenvalue weighted by atomic mass is 35.5. The SMILES string of the molecule is Cc1c(Cl)cccc1OCC(=O)N1CCC(C(=O)O)CC1. The first kappa shape index (κ1) is 15.6. The van der Waals surface area contributed by atoms with Gasteiger partial charge in [-0.3, -0.25) is 9.59 Å². The van der Waals surface area contributed by atoms with Crippen LogP contribution in [0.3, 0.4) is 0 Å². The highest BCUT2D eigenvalue weighted by Gasteiger charge is 2.27. The van der Waals surface area contributed by atoms with Crippen molar-refractivity contribution in [1.29, 1.82) is 0 Å². The van der Waals surface area contributed by atoms with Crippen LogP contribution in [-0.2, 0) is 9.59 Å². The summed E-state index contributed by atoms with van der Waals surface area (Å²) in [6, 6.07) is 5.31. The highest BCUT2D eigenvalue weighted by Crippen LogP contribution is 2.25. The van der Waals surface area contributed by atoms with Gasteiger partial charge in [-0.25, -0.2) is 0 Å². The Morgan fingerprint density at radius 1 is 1.38 bits per heavy atom. The van der Waals surface area contributed by atoms with Gasteiger partial charge in [0.2, 0.25) is 0 Å². The predicted molar refractivity (Wildman–Crippen MR) is 78.6 cm³/mol. The Labute approximate surface area is 128 Å². The fraction of sp³-hybridized carbons (Fsp3) is 0.467. The first-order valence-corrected chi connectivity index (χ1v) is 7.25. The van der Waals surface area contributed by atoms with Crippen molar-refractivity contribution in [2.24, 2.45) is 5.92 Å². The summed E-state index contributed by atoms with van der Waals surface area (Å²) in [6.07, 6.45) is 0.995. The molecule has 0 radical (unpaired) electrons. The molecule has 5 nitrogen and oxygen atoms in total. The molecule has 0 atom stereocenters. The van der Waals surface area contributed by atoms with Crippen LogP contribution in [0.2, 0.25) is 5.02 Å². The van der Waals surface area contributed by atoms with E-state index in [-0.39, 0.29) is 18.4 Å². The Morgan fingerprint density at radius 3 is 2.67 bits per heavy atom. The van der Waals surface area contributed by atoms with Crippen molar-refractivity contribution in [1.82, 2.24) is 4.90 Å². The maximum absolute atomic E-state index is 12.1. The third-order valence-corrected chi connectivity index (χ3v) is 4.18. The molecule has 1 N–H and O–H groups in total. The van der Waals surface area contributed by atoms with Crippen molar-refractivity contribution in [3.63, 3.8) is 0 Å². The molecule has 1 saturated heterocycles. The highest BCUT2D eigenvalue weighted by molar-refractivity contribution is 6.31. The number of hydrogen-bond donors (Lipinski definition) is 1. The normalized spacial score (nSPS) is 15.8. The molecule has 0 aromatic heterocycles. The number of ether oxygens (including phenoxy) is 1. The van der Waals surface area contributed by atoms with Gasteiger partial charge in [-0.1, -0.05) is 17.7 Å². The molecule has 0 spiro atoms. The number of rotatable bonds is 4. The second-order valence-electron chi connectivity index (χ2n) is 5.14. The lowest BCUT2D eigenvalue weighted by Crippen LogP contribution is -2.42. The van der Waals surface area contributed by atoms with Crippen molar-refractivity contribution in [2.45, 2.75) is 19.8 Å². The molecular formula is C15H18ClNO4. The summed E-state index contributed by atoms with van der Waals surface area (Å²) in [5, 5.41) is 9.53. The number of amides is 1. The van der Waals surface area contributed by atoms with Gasteiger partial charge < -0.3 is 14.7 Å². The number of piperidine rings is 1. The number of carboxylic acids is 1. The van der Waals surface area contributed by atoms with E-state index in [2.05, 4.69) is 0 Å². The Kier molecular flexibility index (Phi) is 5.07. The Balaban J connectivity index is 1.85. The Hall–Kier alpha value is -1.75. The van der Waals surface area contributed by atoms with Crippen LogP contribution < -0.4 is 4.74 Å². The Morgan fingerprint density at radius 2 is 2.05 bits per heavy atom. The quantitative estimate of drug-likeness (QED) is 0.927. The third-order valence-electron chi connectivity index (χ3n) is 3.77. The summed E-state index contributed by atoms with van der Waals surface area (Å²) in [6.45, 7) is 2.71. The number of aliphatic carboxylic acids is 1. The van der Waals surface area contributed by atoms with Crippen LogP contribution in [0.5, 0.6) is 5.75 Å². The lowest BCUT2D eigenvalue weighted by atomic mass is 9.97. The van der Waals surface area contributed by atoms with Crippen molar-refractivity contribution in [3.8, 4) is 5.75 Å². The molecule has 0 aliphatic carbocycles. The minimum absolute atomic E-state index is 0.0566. The zero-order valence-corrected chi connectivity index (χ0v) is 12.6. The number of halogens is 1. The second kappa shape index (κ2) is 6.80. The number of carboxylic acid groups (broad SMARTS) is 1. The molecule has 1 heterocycles. The second-order valence-corrected chi connectivity index (χ2v) is 5.55. The fourth-order valence-electron chi connectivity index (χ4n) is 2.35. The molecule has 0 saturated carbocycles. The van der Waals surface area contributed by atoms with E-state index in [4.69, 9.17) is 21.4 Å². The van der Waals surface area contributed by atoms with Gasteiger partial charge in [-0.05, 0) is 31.9 Å². The van der Waals surface area contributed by atoms with E-state index >= 15 is 0 Å². The summed E-state index contributed by atoms with van der Waals surface area (Å²) in [4.78, 5) is 24.6. The lowest BCUT2D eigenvalue weighted by molar-refractivity contribution is -0.146. The lowest BCUT2D eigenvalue weighted by Gasteiger charge is -2.30. The van der Waals surface area contributed by atoms with Crippen LogP contribution in [0.25, 0.3) is 0 Å². The van der Waals surface area contributed by atoms with Crippen molar-refractivity contribution in [2.75, 3.05) is 19.7 Å². The van der Waals surface area contributed by atoms with Crippen LogP contribution in [0.1, 0.15) is 18.4 Å². The van der Waals surface area contributed by atoms with Crippen LogP contribution in [0.4, 0.5) is 0 Å². The fourth-order valence-corrected chi connectivity index (χ4v) is 2.52. The number of likely N-dealkylation sites (tertiary alicyclic amines) is 1. The zero-order chi connectivity index (χ0) is 15.4. The van der Waals surface area contributed by atoms with Gasteiger partial charge in [0.15, 0.2) is 6.61 Å². The molecule has 1 aromatic carbocycles. The molecule has 1 aliphatic rings. The monoisotopic (exact) mass is 311 g/mol. The third kappa shape index (κ3) is 3.88. The molecule has 21 heavy (non-hydrogen) atoms. The minimum Gasteiger partial charge on any atom is -0.483 e. The van der Waals surface area contributed by atoms with Gasteiger partial charge in [0.25, 0.3) is 5.91 Å². The van der Waals surface area contributed by atoms with E-state index in [9.17, 15) is 9.59 Å². The van der Waals surface area contributed by atoms with Crippen molar-refractivity contribution < 1.29 is 19.4 Å². The van der Waals surface area contributed by atoms with Gasteiger partial charge in [0.05, 0.1) is 5.92 Å². The van der Waals surface area contributed by atoms with Gasteiger partial charge in [-0.15, -0.1) is 0 Å². The number of carbonyl (C=O) groups is 2. The summed E-state index contributed by atoms with van der Waals surface area (Å²) < 4.78 is 5.51. The van der Waals surface area contributed by atoms with Crippen molar-refractivity contribution >= 4 is 23.5 Å². The number of nitrogens with zero attached hydrogens (tertiary/aromatic N) is 1. The molecule has 1 fully saturated rings. The topological polar surface area (TPSA) is 66.8 Å². The summed E-state index contributed by atoms with van der Waals surface area (Å²) in [7, 11) is 0. The zero-order valence-electron chi connectivity index (χ0n) is 11.8. The number of hydrogen-bond acceptors (Lipinski definition) is 3. The maximum Gasteiger partial charge on any atom is 0.306 e. The molecule has 2 rings (SSSR count). The summed E-state index contributed by atoms with van der Waals surface area (Å²) in [5.41, 5.74) is 0.802. The first-order valence-electron chi connectivity index (χ1n) is 6.87. The number of benzene rings is 1. The van der Waals surface area contributed by atoms with Gasteiger partial charge in [0.1, 0.15) is 5.75 Å². The first-order chi connectivity index (χ1) is 9.99. The van der Waals surface area contributed by atoms with Gasteiger partial charge >= 0.3 is 5.97 Å². The molecule has 114 valence electrons. The average molecular weight is 312 g/mol. The van der Waals surface area contributed by atoms with Crippen LogP contribution >= 0.6 is 11.6 Å². The minimum atomic E-state index is -0.784. The van der Waals surface area contributed by atoms with Crippen LogP contribution in [0, 0.1) is 12.8 Å². The van der Waals surface area contributed by atoms with E-state index in [0.29, 0.717) is 36.7 Å². The molecule has 1 aromatic rings. The summed E-state index contributed by atoms with van der Waals surface area (Å²) >= 11 is 5.99. The van der Waals surface area contributed by atoms with Gasteiger partial charge in [-0.2, -0.15) is 0 Å². The summed E-state index contributed by atoms with van der Waals surface area (Å²) in [5.74, 6) is -0.660. The van der Waals surface area contributed by atoms with Crippen molar-refractivity contribution in [3.05, 3.63) is 28.8 Å². The molecular weight excluding hydrogens is 294 g/mol. The molecule has 6 heteroatoms. The number of carbonyl (C=O) groups excluding carboxylic acids is 1. The van der Waals surface area contributed by atoms with E-state index in [1.54, 1.807) is 23.1 Å². The predicted octanol–water partition coefficient (Wildman–Crippen LogP) is 2.35. The maximum atomic E-state index is 12.1. The van der Waals surface area contributed by atoms with Crippen LogP contribution in [-0.4, -0.2) is 41.6 Å². The molecule has 1 amide bonds. The van der Waals surface area contributed by atoms with Crippen LogP contribution in [0.15, 0.2) is 18.2 Å². The van der Waals surface area contributed by atoms with E-state index in [0.717, 1.165) is 5.56 Å². The largest absolute Gasteiger partial charge is 0.483 e. The van der Waals surface area contributed by atoms with E-state index in [1.165, 1.54) is 0 Å². The standard InChI is InChI=1S/C15H18ClNO4/c1-10-12(16)3-2-4-13(10)21-9-14(18)17-7-5-11(6-8-17)15(19)20/h2-4,11H,5-9H2,1H3,(H,19,20). The van der Waals surface area contributed by atoms with E-state index < -0.39 is 5.97 Å². The Bertz CT molecular complexity index is 538. The molecule has 0 unspecified atom stereocenters. The van der Waals surface area contributed by atoms with E-state index in [1.807, 2.05) is 6.92 Å². The average Bonchev–Trinajstić information content (AvgIpc) is 2.48. The molecule has 0 bridgehead atoms.